The molecule has 0 bridgehead atoms. The van der Waals surface area contributed by atoms with E-state index in [0.29, 0.717) is 35.8 Å². The summed E-state index contributed by atoms with van der Waals surface area (Å²) in [5.41, 5.74) is 16.7. The van der Waals surface area contributed by atoms with Gasteiger partial charge in [0.15, 0.2) is 5.96 Å². The van der Waals surface area contributed by atoms with Gasteiger partial charge in [0.1, 0.15) is 35.7 Å². The summed E-state index contributed by atoms with van der Waals surface area (Å²) < 4.78 is 17.6. The van der Waals surface area contributed by atoms with Gasteiger partial charge >= 0.3 is 5.97 Å². The van der Waals surface area contributed by atoms with E-state index in [9.17, 15) is 19.5 Å². The molecule has 0 heterocycles. The second-order valence-corrected chi connectivity index (χ2v) is 12.6. The summed E-state index contributed by atoms with van der Waals surface area (Å²) in [7, 11) is 3.11. The fourth-order valence-electron chi connectivity index (χ4n) is 6.03. The summed E-state index contributed by atoms with van der Waals surface area (Å²) in [5, 5.41) is 15.5. The van der Waals surface area contributed by atoms with Crippen molar-refractivity contribution in [1.82, 2.24) is 10.6 Å². The molecule has 2 atom stereocenters. The first kappa shape index (κ1) is 39.9. The number of nitrogens with one attached hydrogen (secondary N) is 2. The maximum absolute atomic E-state index is 13.4. The molecule has 7 N–H and O–H groups in total. The Kier molecular flexibility index (Phi) is 15.2. The van der Waals surface area contributed by atoms with Crippen LogP contribution in [0.4, 0.5) is 0 Å². The molecule has 280 valence electrons. The minimum atomic E-state index is -1.18. The van der Waals surface area contributed by atoms with Crippen molar-refractivity contribution in [1.29, 1.82) is 0 Å². The Hall–Kier alpha value is -5.88. The molecule has 0 aliphatic carbocycles. The van der Waals surface area contributed by atoms with E-state index in [1.54, 1.807) is 26.4 Å². The molecule has 0 radical (unpaired) electrons. The quantitative estimate of drug-likeness (QED) is 0.0455. The number of aliphatic imine (C=N–C) groups is 1. The second-order valence-electron chi connectivity index (χ2n) is 12.6. The first-order chi connectivity index (χ1) is 25.6. The number of ether oxygens (including phenoxy) is 3. The highest BCUT2D eigenvalue weighted by Crippen LogP contribution is 2.35. The molecule has 0 fully saturated rings. The van der Waals surface area contributed by atoms with Crippen molar-refractivity contribution in [3.63, 3.8) is 0 Å². The number of amides is 1. The van der Waals surface area contributed by atoms with Crippen LogP contribution in [-0.4, -0.2) is 62.1 Å². The number of carbonyl (C=O) groups is 3. The number of carboxylic acids is 1. The van der Waals surface area contributed by atoms with Crippen LogP contribution in [0, 0.1) is 12.8 Å². The van der Waals surface area contributed by atoms with Gasteiger partial charge in [0.25, 0.3) is 0 Å². The summed E-state index contributed by atoms with van der Waals surface area (Å²) in [6.45, 7) is 2.85. The standard InChI is InChI=1S/C41H49N5O7/c1-27-30(16-10-17-34(27)29-14-8-5-9-15-29)26-53-33-22-37(51-2)35(38(23-33)52-3)25-44-24-32(47)21-31(20-28-12-6-4-7-13-28)39(48)46-36(40(49)50)18-11-19-45-41(42)43/h4-10,12-17,22-23,31,36,44H,11,18-21,24-26H2,1-3H3,(H,46,48)(H,49,50)(H4,42,43,45)/t31-,36-/m0/s1. The Bertz CT molecular complexity index is 1820. The summed E-state index contributed by atoms with van der Waals surface area (Å²) in [4.78, 5) is 42.5. The molecule has 0 aromatic heterocycles. The van der Waals surface area contributed by atoms with Crippen LogP contribution in [-0.2, 0) is 34.0 Å². The Morgan fingerprint density at radius 2 is 1.55 bits per heavy atom. The predicted molar refractivity (Wildman–Crippen MR) is 205 cm³/mol. The summed E-state index contributed by atoms with van der Waals surface area (Å²) >= 11 is 0. The molecule has 0 saturated carbocycles. The van der Waals surface area contributed by atoms with Crippen molar-refractivity contribution >= 4 is 23.6 Å². The van der Waals surface area contributed by atoms with Crippen LogP contribution < -0.4 is 36.3 Å². The molecule has 4 rings (SSSR count). The number of benzene rings is 4. The highest BCUT2D eigenvalue weighted by molar-refractivity contribution is 5.90. The fraction of sp³-hybridized carbons (Fsp3) is 0.317. The monoisotopic (exact) mass is 723 g/mol. The third-order valence-corrected chi connectivity index (χ3v) is 8.86. The van der Waals surface area contributed by atoms with Crippen molar-refractivity contribution in [2.75, 3.05) is 27.3 Å². The van der Waals surface area contributed by atoms with E-state index < -0.39 is 23.8 Å². The Morgan fingerprint density at radius 3 is 2.17 bits per heavy atom. The predicted octanol–water partition coefficient (Wildman–Crippen LogP) is 4.79. The molecule has 0 aliphatic rings. The van der Waals surface area contributed by atoms with Crippen molar-refractivity contribution in [2.24, 2.45) is 22.4 Å². The number of hydrogen-bond acceptors (Lipinski definition) is 8. The number of carboxylic acid groups (broad SMARTS) is 1. The summed E-state index contributed by atoms with van der Waals surface area (Å²) in [5.74, 6) is -1.18. The van der Waals surface area contributed by atoms with Gasteiger partial charge in [0.2, 0.25) is 5.91 Å². The number of hydrogen-bond donors (Lipinski definition) is 5. The summed E-state index contributed by atoms with van der Waals surface area (Å²) in [6.07, 6.45) is 0.640. The van der Waals surface area contributed by atoms with E-state index in [4.69, 9.17) is 25.7 Å². The van der Waals surface area contributed by atoms with Gasteiger partial charge in [-0.1, -0.05) is 78.9 Å². The first-order valence-electron chi connectivity index (χ1n) is 17.5. The zero-order valence-electron chi connectivity index (χ0n) is 30.5. The van der Waals surface area contributed by atoms with E-state index in [1.807, 2.05) is 60.7 Å². The lowest BCUT2D eigenvalue weighted by Crippen LogP contribution is -2.45. The first-order valence-corrected chi connectivity index (χ1v) is 17.5. The largest absolute Gasteiger partial charge is 0.496 e. The fourth-order valence-corrected chi connectivity index (χ4v) is 6.03. The van der Waals surface area contributed by atoms with Gasteiger partial charge in [0.05, 0.1) is 26.3 Å². The van der Waals surface area contributed by atoms with Crippen LogP contribution >= 0.6 is 0 Å². The summed E-state index contributed by atoms with van der Waals surface area (Å²) in [6, 6.07) is 28.1. The Balaban J connectivity index is 1.39. The van der Waals surface area contributed by atoms with Gasteiger partial charge < -0.3 is 41.4 Å². The van der Waals surface area contributed by atoms with E-state index in [0.717, 1.165) is 27.8 Å². The number of methoxy groups -OCH3 is 2. The Morgan fingerprint density at radius 1 is 0.887 bits per heavy atom. The Labute approximate surface area is 310 Å². The SMILES string of the molecule is COc1cc(OCc2cccc(-c3ccccc3)c2C)cc(OC)c1CNCC(=O)C[C@H](Cc1ccccc1)C(=O)N[C@@H](CCCN=C(N)N)C(=O)O. The van der Waals surface area contributed by atoms with Crippen LogP contribution in [0.15, 0.2) is 96.0 Å². The zero-order chi connectivity index (χ0) is 38.2. The number of Topliss-reactive ketones (excluding diaryl/α,β-unsaturated/α-hetero) is 1. The van der Waals surface area contributed by atoms with E-state index in [-0.39, 0.29) is 50.6 Å². The molecular weight excluding hydrogens is 674 g/mol. The van der Waals surface area contributed by atoms with Crippen LogP contribution in [0.25, 0.3) is 11.1 Å². The highest BCUT2D eigenvalue weighted by Gasteiger charge is 2.27. The minimum Gasteiger partial charge on any atom is -0.496 e. The van der Waals surface area contributed by atoms with Gasteiger partial charge in [-0.05, 0) is 54.0 Å². The highest BCUT2D eigenvalue weighted by atomic mass is 16.5. The molecule has 1 amide bonds. The third-order valence-electron chi connectivity index (χ3n) is 8.86. The van der Waals surface area contributed by atoms with Gasteiger partial charge in [-0.15, -0.1) is 0 Å². The van der Waals surface area contributed by atoms with Crippen LogP contribution in [0.2, 0.25) is 0 Å². The maximum Gasteiger partial charge on any atom is 0.326 e. The number of nitrogens with zero attached hydrogens (tertiary/aromatic N) is 1. The van der Waals surface area contributed by atoms with Gasteiger partial charge in [-0.2, -0.15) is 0 Å². The van der Waals surface area contributed by atoms with Crippen molar-refractivity contribution in [3.8, 4) is 28.4 Å². The van der Waals surface area contributed by atoms with Gasteiger partial charge in [0, 0.05) is 37.6 Å². The number of rotatable bonds is 21. The molecule has 0 saturated heterocycles. The van der Waals surface area contributed by atoms with Crippen LogP contribution in [0.5, 0.6) is 17.2 Å². The number of ketones is 1. The smallest absolute Gasteiger partial charge is 0.326 e. The van der Waals surface area contributed by atoms with Gasteiger partial charge in [-0.25, -0.2) is 4.79 Å². The molecular formula is C41H49N5O7. The zero-order valence-corrected chi connectivity index (χ0v) is 30.5. The normalized spacial score (nSPS) is 11.9. The molecule has 0 spiro atoms. The number of guanidine groups is 1. The van der Waals surface area contributed by atoms with Crippen LogP contribution in [0.1, 0.15) is 41.5 Å². The molecule has 0 unspecified atom stereocenters. The molecule has 0 aliphatic heterocycles. The lowest BCUT2D eigenvalue weighted by molar-refractivity contribution is -0.142. The number of carbonyl (C=O) groups excluding carboxylic acids is 2. The molecule has 12 heteroatoms. The number of aliphatic carboxylic acids is 1. The molecule has 12 nitrogen and oxygen atoms in total. The van der Waals surface area contributed by atoms with E-state index in [2.05, 4.69) is 40.7 Å². The van der Waals surface area contributed by atoms with Crippen molar-refractivity contribution in [3.05, 3.63) is 113 Å². The lowest BCUT2D eigenvalue weighted by atomic mass is 9.92. The molecule has 4 aromatic carbocycles. The van der Waals surface area contributed by atoms with Crippen molar-refractivity contribution < 1.29 is 33.7 Å². The van der Waals surface area contributed by atoms with Crippen LogP contribution in [0.3, 0.4) is 0 Å². The molecule has 53 heavy (non-hydrogen) atoms. The second kappa shape index (κ2) is 20.2. The average Bonchev–Trinajstić information content (AvgIpc) is 3.15. The van der Waals surface area contributed by atoms with E-state index >= 15 is 0 Å². The van der Waals surface area contributed by atoms with E-state index in [1.165, 1.54) is 0 Å². The lowest BCUT2D eigenvalue weighted by Gasteiger charge is -2.20. The molecule has 4 aromatic rings. The average molecular weight is 724 g/mol. The maximum atomic E-state index is 13.4. The number of nitrogens with two attached hydrogens (primary N) is 2. The van der Waals surface area contributed by atoms with Crippen molar-refractivity contribution in [2.45, 2.75) is 51.8 Å². The topological polar surface area (TPSA) is 188 Å². The van der Waals surface area contributed by atoms with Gasteiger partial charge in [-0.3, -0.25) is 14.6 Å². The minimum absolute atomic E-state index is 0.0406. The third kappa shape index (κ3) is 12.1.